The molecule has 0 radical (unpaired) electrons. The molecule has 0 aromatic heterocycles. The first-order chi connectivity index (χ1) is 7.19. The van der Waals surface area contributed by atoms with Crippen LogP contribution in [0.5, 0.6) is 0 Å². The molecule has 1 fully saturated rings. The highest BCUT2D eigenvalue weighted by Crippen LogP contribution is 2.38. The fourth-order valence-corrected chi connectivity index (χ4v) is 3.15. The molecule has 4 heteroatoms. The number of hydrogen-bond acceptors (Lipinski definition) is 3. The van der Waals surface area contributed by atoms with Gasteiger partial charge in [0.25, 0.3) is 0 Å². The second kappa shape index (κ2) is 4.34. The van der Waals surface area contributed by atoms with Crippen LogP contribution in [0.2, 0.25) is 0 Å². The minimum atomic E-state index is -0.0659. The zero-order chi connectivity index (χ0) is 12.6. The zero-order valence-electron chi connectivity index (χ0n) is 11.3. The van der Waals surface area contributed by atoms with Crippen molar-refractivity contribution in [1.29, 1.82) is 0 Å². The van der Waals surface area contributed by atoms with Crippen LogP contribution in [0.1, 0.15) is 47.5 Å². The van der Waals surface area contributed by atoms with Crippen LogP contribution in [0, 0.1) is 0 Å². The van der Waals surface area contributed by atoms with Crippen molar-refractivity contribution < 1.29 is 9.63 Å². The standard InChI is InChI=1S/C12H24N2O2/c1-9(15)13-10-7-11(2,3)14(16-6)12(4,5)8-10/h10H,7-8H2,1-6H3,(H,13,15). The summed E-state index contributed by atoms with van der Waals surface area (Å²) in [5.74, 6) is 0.0440. The van der Waals surface area contributed by atoms with Gasteiger partial charge in [0.1, 0.15) is 0 Å². The fraction of sp³-hybridized carbons (Fsp3) is 0.917. The average Bonchev–Trinajstić information content (AvgIpc) is 1.97. The average molecular weight is 228 g/mol. The molecule has 0 unspecified atom stereocenters. The predicted molar refractivity (Wildman–Crippen MR) is 63.8 cm³/mol. The minimum Gasteiger partial charge on any atom is -0.353 e. The van der Waals surface area contributed by atoms with Gasteiger partial charge in [-0.3, -0.25) is 4.79 Å². The summed E-state index contributed by atoms with van der Waals surface area (Å²) in [6, 6.07) is 0.230. The van der Waals surface area contributed by atoms with E-state index in [1.807, 2.05) is 5.06 Å². The molecule has 1 aliphatic rings. The van der Waals surface area contributed by atoms with E-state index in [4.69, 9.17) is 4.84 Å². The first kappa shape index (κ1) is 13.5. The Kier molecular flexibility index (Phi) is 3.65. The second-order valence-electron chi connectivity index (χ2n) is 5.91. The highest BCUT2D eigenvalue weighted by Gasteiger charge is 2.46. The maximum absolute atomic E-state index is 11.1. The molecule has 0 aliphatic carbocycles. The number of nitrogens with one attached hydrogen (secondary N) is 1. The van der Waals surface area contributed by atoms with Crippen LogP contribution in [0.25, 0.3) is 0 Å². The Balaban J connectivity index is 2.84. The second-order valence-corrected chi connectivity index (χ2v) is 5.91. The molecule has 0 bridgehead atoms. The van der Waals surface area contributed by atoms with E-state index in [1.54, 1.807) is 14.0 Å². The predicted octanol–water partition coefficient (Wildman–Crippen LogP) is 1.71. The van der Waals surface area contributed by atoms with Gasteiger partial charge in [0.15, 0.2) is 0 Å². The molecule has 1 N–H and O–H groups in total. The fourth-order valence-electron chi connectivity index (χ4n) is 3.15. The molecule has 1 amide bonds. The Hall–Kier alpha value is -0.610. The summed E-state index contributed by atoms with van der Waals surface area (Å²) in [7, 11) is 1.71. The number of hydroxylamine groups is 2. The quantitative estimate of drug-likeness (QED) is 0.782. The summed E-state index contributed by atoms with van der Waals surface area (Å²) < 4.78 is 0. The van der Waals surface area contributed by atoms with E-state index < -0.39 is 0 Å². The molecule has 1 rings (SSSR count). The molecule has 0 aromatic rings. The van der Waals surface area contributed by atoms with E-state index in [0.717, 1.165) is 12.8 Å². The number of carbonyl (C=O) groups is 1. The molecule has 16 heavy (non-hydrogen) atoms. The van der Waals surface area contributed by atoms with Gasteiger partial charge >= 0.3 is 0 Å². The van der Waals surface area contributed by atoms with Crippen molar-refractivity contribution in [3.63, 3.8) is 0 Å². The van der Waals surface area contributed by atoms with Crippen molar-refractivity contribution >= 4 is 5.91 Å². The topological polar surface area (TPSA) is 41.6 Å². The summed E-state index contributed by atoms with van der Waals surface area (Å²) in [5, 5.41) is 5.06. The van der Waals surface area contributed by atoms with Crippen LogP contribution in [-0.2, 0) is 9.63 Å². The molecule has 0 spiro atoms. The molecule has 1 aliphatic heterocycles. The molecule has 0 saturated carbocycles. The van der Waals surface area contributed by atoms with Gasteiger partial charge < -0.3 is 10.2 Å². The first-order valence-electron chi connectivity index (χ1n) is 5.80. The van der Waals surface area contributed by atoms with Gasteiger partial charge in [-0.05, 0) is 40.5 Å². The Bertz CT molecular complexity index is 256. The summed E-state index contributed by atoms with van der Waals surface area (Å²) in [4.78, 5) is 16.6. The van der Waals surface area contributed by atoms with Crippen LogP contribution in [0.15, 0.2) is 0 Å². The number of piperidine rings is 1. The maximum Gasteiger partial charge on any atom is 0.217 e. The van der Waals surface area contributed by atoms with Crippen LogP contribution in [0.4, 0.5) is 0 Å². The first-order valence-corrected chi connectivity index (χ1v) is 5.80. The van der Waals surface area contributed by atoms with E-state index in [0.29, 0.717) is 0 Å². The lowest BCUT2D eigenvalue weighted by Gasteiger charge is -2.53. The van der Waals surface area contributed by atoms with Crippen molar-refractivity contribution in [2.24, 2.45) is 0 Å². The number of amides is 1. The van der Waals surface area contributed by atoms with Crippen LogP contribution in [0.3, 0.4) is 0 Å². The lowest BCUT2D eigenvalue weighted by atomic mass is 9.79. The lowest BCUT2D eigenvalue weighted by Crippen LogP contribution is -2.63. The van der Waals surface area contributed by atoms with E-state index in [-0.39, 0.29) is 23.0 Å². The van der Waals surface area contributed by atoms with Crippen molar-refractivity contribution in [3.8, 4) is 0 Å². The van der Waals surface area contributed by atoms with Crippen LogP contribution in [-0.4, -0.2) is 35.2 Å². The summed E-state index contributed by atoms with van der Waals surface area (Å²) >= 11 is 0. The number of carbonyl (C=O) groups excluding carboxylic acids is 1. The molecule has 0 aromatic carbocycles. The number of rotatable bonds is 2. The third kappa shape index (κ3) is 2.74. The van der Waals surface area contributed by atoms with Crippen molar-refractivity contribution in [3.05, 3.63) is 0 Å². The lowest BCUT2D eigenvalue weighted by molar-refractivity contribution is -0.267. The highest BCUT2D eigenvalue weighted by atomic mass is 16.7. The Morgan fingerprint density at radius 2 is 1.69 bits per heavy atom. The van der Waals surface area contributed by atoms with E-state index in [9.17, 15) is 4.79 Å². The summed E-state index contributed by atoms with van der Waals surface area (Å²) in [5.41, 5.74) is -0.132. The molecule has 1 heterocycles. The summed E-state index contributed by atoms with van der Waals surface area (Å²) in [6.45, 7) is 10.2. The Morgan fingerprint density at radius 1 is 1.25 bits per heavy atom. The van der Waals surface area contributed by atoms with Gasteiger partial charge in [0, 0.05) is 24.0 Å². The molecular weight excluding hydrogens is 204 g/mol. The largest absolute Gasteiger partial charge is 0.353 e. The van der Waals surface area contributed by atoms with E-state index in [1.165, 1.54) is 0 Å². The van der Waals surface area contributed by atoms with Gasteiger partial charge in [-0.25, -0.2) is 0 Å². The molecule has 4 nitrogen and oxygen atoms in total. The third-order valence-corrected chi connectivity index (χ3v) is 3.18. The smallest absolute Gasteiger partial charge is 0.217 e. The van der Waals surface area contributed by atoms with Crippen LogP contribution >= 0.6 is 0 Å². The number of nitrogens with zero attached hydrogens (tertiary/aromatic N) is 1. The molecular formula is C12H24N2O2. The van der Waals surface area contributed by atoms with Gasteiger partial charge in [-0.15, -0.1) is 0 Å². The Morgan fingerprint density at radius 3 is 2.00 bits per heavy atom. The number of hydrogen-bond donors (Lipinski definition) is 1. The van der Waals surface area contributed by atoms with Crippen LogP contribution < -0.4 is 5.32 Å². The molecule has 94 valence electrons. The third-order valence-electron chi connectivity index (χ3n) is 3.18. The van der Waals surface area contributed by atoms with Gasteiger partial charge in [0.05, 0.1) is 7.11 Å². The summed E-state index contributed by atoms with van der Waals surface area (Å²) in [6.07, 6.45) is 1.81. The monoisotopic (exact) mass is 228 g/mol. The van der Waals surface area contributed by atoms with Gasteiger partial charge in [0.2, 0.25) is 5.91 Å². The van der Waals surface area contributed by atoms with Crippen molar-refractivity contribution in [2.45, 2.75) is 64.6 Å². The SMILES string of the molecule is CON1C(C)(C)CC(NC(C)=O)CC1(C)C. The van der Waals surface area contributed by atoms with Gasteiger partial charge in [-0.1, -0.05) is 0 Å². The molecule has 1 saturated heterocycles. The van der Waals surface area contributed by atoms with Crippen molar-refractivity contribution in [1.82, 2.24) is 10.4 Å². The van der Waals surface area contributed by atoms with Gasteiger partial charge in [-0.2, -0.15) is 5.06 Å². The van der Waals surface area contributed by atoms with E-state index >= 15 is 0 Å². The highest BCUT2D eigenvalue weighted by molar-refractivity contribution is 5.73. The minimum absolute atomic E-state index is 0.0440. The van der Waals surface area contributed by atoms with Crippen molar-refractivity contribution in [2.75, 3.05) is 7.11 Å². The Labute approximate surface area is 98.3 Å². The zero-order valence-corrected chi connectivity index (χ0v) is 11.3. The normalized spacial score (nSPS) is 25.4. The molecule has 0 atom stereocenters. The van der Waals surface area contributed by atoms with E-state index in [2.05, 4.69) is 33.0 Å². The maximum atomic E-state index is 11.1.